The number of aliphatic hydroxyl groups is 1. The van der Waals surface area contributed by atoms with Gasteiger partial charge in [-0.15, -0.1) is 0 Å². The number of hydrogen-bond donors (Lipinski definition) is 2. The summed E-state index contributed by atoms with van der Waals surface area (Å²) in [5.74, 6) is 2.46. The van der Waals surface area contributed by atoms with Crippen molar-refractivity contribution < 1.29 is 5.11 Å². The van der Waals surface area contributed by atoms with E-state index in [1.807, 2.05) is 11.8 Å². The van der Waals surface area contributed by atoms with Crippen molar-refractivity contribution in [2.45, 2.75) is 57.2 Å². The molecule has 3 atom stereocenters. The van der Waals surface area contributed by atoms with Crippen LogP contribution >= 0.6 is 11.8 Å². The summed E-state index contributed by atoms with van der Waals surface area (Å²) in [5.41, 5.74) is 5.94. The van der Waals surface area contributed by atoms with Gasteiger partial charge in [-0.25, -0.2) is 0 Å². The molecule has 0 heterocycles. The lowest BCUT2D eigenvalue weighted by molar-refractivity contribution is 0.158. The molecule has 3 N–H and O–H groups in total. The van der Waals surface area contributed by atoms with Crippen molar-refractivity contribution in [3.8, 4) is 0 Å². The maximum Gasteiger partial charge on any atom is 0.0613 e. The van der Waals surface area contributed by atoms with Crippen LogP contribution in [0.2, 0.25) is 0 Å². The third kappa shape index (κ3) is 3.64. The smallest absolute Gasteiger partial charge is 0.0613 e. The largest absolute Gasteiger partial charge is 0.394 e. The normalized spacial score (nSPS) is 32.2. The molecule has 2 nitrogen and oxygen atoms in total. The molecular formula is C13H27NOS. The van der Waals surface area contributed by atoms with Gasteiger partial charge in [-0.1, -0.05) is 27.2 Å². The molecule has 0 amide bonds. The highest BCUT2D eigenvalue weighted by molar-refractivity contribution is 7.99. The van der Waals surface area contributed by atoms with Gasteiger partial charge in [-0.05, 0) is 36.9 Å². The summed E-state index contributed by atoms with van der Waals surface area (Å²) in [5, 5.41) is 10.1. The van der Waals surface area contributed by atoms with E-state index in [1.165, 1.54) is 25.0 Å². The van der Waals surface area contributed by atoms with Crippen LogP contribution in [0.3, 0.4) is 0 Å². The Morgan fingerprint density at radius 3 is 2.69 bits per heavy atom. The van der Waals surface area contributed by atoms with Crippen molar-refractivity contribution in [1.29, 1.82) is 0 Å². The summed E-state index contributed by atoms with van der Waals surface area (Å²) in [6.07, 6.45) is 4.55. The Morgan fingerprint density at radius 2 is 2.12 bits per heavy atom. The fourth-order valence-electron chi connectivity index (χ4n) is 2.40. The van der Waals surface area contributed by atoms with Gasteiger partial charge in [-0.3, -0.25) is 0 Å². The third-order valence-electron chi connectivity index (χ3n) is 4.09. The molecule has 1 saturated carbocycles. The van der Waals surface area contributed by atoms with E-state index in [4.69, 9.17) is 5.73 Å². The minimum absolute atomic E-state index is 0.155. The summed E-state index contributed by atoms with van der Waals surface area (Å²) < 4.78 is 0. The summed E-state index contributed by atoms with van der Waals surface area (Å²) in [4.78, 5) is 0. The second-order valence-electron chi connectivity index (χ2n) is 5.59. The molecule has 0 saturated heterocycles. The van der Waals surface area contributed by atoms with Crippen LogP contribution in [0.1, 0.15) is 46.5 Å². The van der Waals surface area contributed by atoms with Crippen molar-refractivity contribution in [2.24, 2.45) is 17.6 Å². The lowest BCUT2D eigenvalue weighted by Gasteiger charge is -2.29. The zero-order valence-electron chi connectivity index (χ0n) is 10.9. The van der Waals surface area contributed by atoms with Crippen LogP contribution in [-0.2, 0) is 0 Å². The Morgan fingerprint density at radius 1 is 1.44 bits per heavy atom. The first-order valence-corrected chi connectivity index (χ1v) is 7.56. The molecule has 16 heavy (non-hydrogen) atoms. The van der Waals surface area contributed by atoms with E-state index < -0.39 is 0 Å². The van der Waals surface area contributed by atoms with E-state index in [0.29, 0.717) is 5.92 Å². The van der Waals surface area contributed by atoms with Crippen molar-refractivity contribution in [1.82, 2.24) is 0 Å². The number of nitrogens with two attached hydrogens (primary N) is 1. The van der Waals surface area contributed by atoms with Gasteiger partial charge in [0.15, 0.2) is 0 Å². The summed E-state index contributed by atoms with van der Waals surface area (Å²) in [6, 6.07) is 0. The highest BCUT2D eigenvalue weighted by Crippen LogP contribution is 2.36. The van der Waals surface area contributed by atoms with E-state index in [-0.39, 0.29) is 12.1 Å². The average molecular weight is 245 g/mol. The summed E-state index contributed by atoms with van der Waals surface area (Å²) in [6.45, 7) is 7.00. The molecule has 0 aliphatic heterocycles. The lowest BCUT2D eigenvalue weighted by atomic mass is 9.87. The van der Waals surface area contributed by atoms with Crippen LogP contribution in [0, 0.1) is 11.8 Å². The highest BCUT2D eigenvalue weighted by atomic mass is 32.2. The Balaban J connectivity index is 2.27. The molecule has 96 valence electrons. The lowest BCUT2D eigenvalue weighted by Crippen LogP contribution is -2.47. The third-order valence-corrected chi connectivity index (χ3v) is 5.63. The molecule has 3 unspecified atom stereocenters. The Bertz CT molecular complexity index is 210. The van der Waals surface area contributed by atoms with Gasteiger partial charge >= 0.3 is 0 Å². The van der Waals surface area contributed by atoms with Crippen LogP contribution < -0.4 is 5.73 Å². The second kappa shape index (κ2) is 6.27. The number of thioether (sulfide) groups is 1. The first-order chi connectivity index (χ1) is 7.49. The molecule has 1 aliphatic rings. The molecule has 0 aromatic carbocycles. The minimum atomic E-state index is -0.276. The summed E-state index contributed by atoms with van der Waals surface area (Å²) in [7, 11) is 0. The Kier molecular flexibility index (Phi) is 5.62. The number of aliphatic hydroxyl groups excluding tert-OH is 1. The van der Waals surface area contributed by atoms with Crippen molar-refractivity contribution >= 4 is 11.8 Å². The molecule has 3 heteroatoms. The first kappa shape index (κ1) is 14.3. The van der Waals surface area contributed by atoms with Crippen molar-refractivity contribution in [2.75, 3.05) is 12.4 Å². The topological polar surface area (TPSA) is 46.2 Å². The Labute approximate surface area is 104 Å². The van der Waals surface area contributed by atoms with Crippen LogP contribution in [0.15, 0.2) is 0 Å². The van der Waals surface area contributed by atoms with E-state index in [9.17, 15) is 5.11 Å². The van der Waals surface area contributed by atoms with Gasteiger partial charge in [0.1, 0.15) is 0 Å². The molecule has 0 radical (unpaired) electrons. The van der Waals surface area contributed by atoms with Gasteiger partial charge in [0, 0.05) is 10.8 Å². The van der Waals surface area contributed by atoms with E-state index >= 15 is 0 Å². The molecule has 0 aromatic rings. The Hall–Kier alpha value is 0.270. The molecule has 0 spiro atoms. The van der Waals surface area contributed by atoms with Gasteiger partial charge < -0.3 is 10.8 Å². The van der Waals surface area contributed by atoms with Crippen LogP contribution in [-0.4, -0.2) is 28.3 Å². The second-order valence-corrected chi connectivity index (χ2v) is 7.07. The molecule has 0 bridgehead atoms. The fraction of sp³-hybridized carbons (Fsp3) is 1.00. The average Bonchev–Trinajstić information content (AvgIpc) is 2.61. The summed E-state index contributed by atoms with van der Waals surface area (Å²) >= 11 is 2.05. The molecule has 1 rings (SSSR count). The predicted octanol–water partition coefficient (Wildman–Crippen LogP) is 2.64. The molecule has 1 fully saturated rings. The van der Waals surface area contributed by atoms with Gasteiger partial charge in [0.05, 0.1) is 6.61 Å². The zero-order valence-corrected chi connectivity index (χ0v) is 11.7. The molecule has 0 aromatic heterocycles. The van der Waals surface area contributed by atoms with E-state index in [0.717, 1.165) is 17.6 Å². The fourth-order valence-corrected chi connectivity index (χ4v) is 3.58. The maximum atomic E-state index is 9.36. The van der Waals surface area contributed by atoms with Gasteiger partial charge in [0.2, 0.25) is 0 Å². The predicted molar refractivity (Wildman–Crippen MR) is 72.7 cm³/mol. The van der Waals surface area contributed by atoms with Gasteiger partial charge in [0.25, 0.3) is 0 Å². The van der Waals surface area contributed by atoms with Crippen LogP contribution in [0.4, 0.5) is 0 Å². The van der Waals surface area contributed by atoms with E-state index in [2.05, 4.69) is 20.8 Å². The monoisotopic (exact) mass is 245 g/mol. The van der Waals surface area contributed by atoms with Crippen LogP contribution in [0.25, 0.3) is 0 Å². The quantitative estimate of drug-likeness (QED) is 0.756. The van der Waals surface area contributed by atoms with Gasteiger partial charge in [-0.2, -0.15) is 11.8 Å². The first-order valence-electron chi connectivity index (χ1n) is 6.51. The highest BCUT2D eigenvalue weighted by Gasteiger charge is 2.38. The van der Waals surface area contributed by atoms with E-state index in [1.54, 1.807) is 0 Å². The molecule has 1 aliphatic carbocycles. The van der Waals surface area contributed by atoms with Crippen molar-refractivity contribution in [3.63, 3.8) is 0 Å². The van der Waals surface area contributed by atoms with Crippen molar-refractivity contribution in [3.05, 3.63) is 0 Å². The minimum Gasteiger partial charge on any atom is -0.394 e. The number of hydrogen-bond acceptors (Lipinski definition) is 3. The standard InChI is InChI=1S/C13H27NOS/c1-10(2)11(3)16-8-6-12-5-4-7-13(12,14)9-15/h10-12,15H,4-9,14H2,1-3H3. The maximum absolute atomic E-state index is 9.36. The molecular weight excluding hydrogens is 218 g/mol. The zero-order chi connectivity index (χ0) is 12.2. The van der Waals surface area contributed by atoms with Crippen LogP contribution in [0.5, 0.6) is 0 Å². The number of rotatable bonds is 6. The SMILES string of the molecule is CC(C)C(C)SCCC1CCCC1(N)CO.